The zero-order valence-electron chi connectivity index (χ0n) is 22.7. The van der Waals surface area contributed by atoms with Gasteiger partial charge in [-0.2, -0.15) is 0 Å². The largest absolute Gasteiger partial charge is 0.309 e. The maximum absolute atomic E-state index is 8.64. The van der Waals surface area contributed by atoms with Crippen LogP contribution in [0.25, 0.3) is 38.6 Å². The van der Waals surface area contributed by atoms with Gasteiger partial charge < -0.3 is 4.57 Å². The molecule has 0 fully saturated rings. The van der Waals surface area contributed by atoms with Gasteiger partial charge in [0.05, 0.1) is 17.9 Å². The topological polar surface area (TPSA) is 4.93 Å². The highest BCUT2D eigenvalue weighted by Crippen LogP contribution is 2.42. The van der Waals surface area contributed by atoms with Gasteiger partial charge in [0, 0.05) is 16.5 Å². The highest BCUT2D eigenvalue weighted by atomic mass is 15.0. The molecule has 0 N–H and O–H groups in total. The van der Waals surface area contributed by atoms with Crippen LogP contribution in [0.3, 0.4) is 0 Å². The number of hydrogen-bond donors (Lipinski definition) is 0. The van der Waals surface area contributed by atoms with Gasteiger partial charge in [-0.15, -0.1) is 0 Å². The Morgan fingerprint density at radius 3 is 2.13 bits per heavy atom. The molecule has 0 spiro atoms. The molecule has 1 heteroatoms. The van der Waals surface area contributed by atoms with Crippen LogP contribution in [0.15, 0.2) is 90.9 Å². The summed E-state index contributed by atoms with van der Waals surface area (Å²) in [4.78, 5) is 0. The van der Waals surface area contributed by atoms with E-state index in [0.29, 0.717) is 5.56 Å². The van der Waals surface area contributed by atoms with Gasteiger partial charge in [0.2, 0.25) is 0 Å². The number of benzene rings is 4. The molecule has 5 aromatic rings. The molecule has 148 valence electrons. The lowest BCUT2D eigenvalue weighted by Gasteiger charge is -2.22. The zero-order chi connectivity index (χ0) is 25.2. The molecule has 0 atom stereocenters. The summed E-state index contributed by atoms with van der Waals surface area (Å²) < 4.78 is 44.0. The molecule has 1 heterocycles. The molecule has 0 saturated heterocycles. The van der Waals surface area contributed by atoms with Crippen molar-refractivity contribution in [1.29, 1.82) is 0 Å². The van der Waals surface area contributed by atoms with Crippen LogP contribution >= 0.6 is 0 Å². The molecule has 0 unspecified atom stereocenters. The maximum atomic E-state index is 8.64. The van der Waals surface area contributed by atoms with E-state index in [0.717, 1.165) is 33.1 Å². The first-order chi connectivity index (χ1) is 16.5. The first-order valence-electron chi connectivity index (χ1n) is 12.7. The van der Waals surface area contributed by atoms with Crippen molar-refractivity contribution in [2.75, 3.05) is 0 Å². The molecule has 0 amide bonds. The average molecular weight is 395 g/mol. The van der Waals surface area contributed by atoms with Crippen LogP contribution in [0, 0.1) is 6.92 Å². The number of hydrogen-bond acceptors (Lipinski definition) is 0. The summed E-state index contributed by atoms with van der Waals surface area (Å²) in [5, 5.41) is 1.94. The van der Waals surface area contributed by atoms with Gasteiger partial charge in [0.15, 0.2) is 0 Å². The molecule has 30 heavy (non-hydrogen) atoms. The minimum Gasteiger partial charge on any atom is -0.309 e. The summed E-state index contributed by atoms with van der Waals surface area (Å²) in [5.74, 6) is 0. The first kappa shape index (κ1) is 13.8. The predicted molar refractivity (Wildman–Crippen MR) is 130 cm³/mol. The summed E-state index contributed by atoms with van der Waals surface area (Å²) in [5.41, 5.74) is 6.12. The van der Waals surface area contributed by atoms with E-state index in [1.54, 1.807) is 0 Å². The van der Waals surface area contributed by atoms with E-state index in [-0.39, 0.29) is 41.2 Å². The van der Waals surface area contributed by atoms with E-state index in [1.165, 1.54) is 5.56 Å². The van der Waals surface area contributed by atoms with Gasteiger partial charge in [0.1, 0.15) is 0 Å². The zero-order valence-corrected chi connectivity index (χ0v) is 17.7. The Balaban J connectivity index is 2.04. The monoisotopic (exact) mass is 394 g/mol. The van der Waals surface area contributed by atoms with Gasteiger partial charge in [-0.3, -0.25) is 0 Å². The number of nitrogens with zero attached hydrogens (tertiary/aromatic N) is 1. The molecule has 0 aliphatic carbocycles. The molecular weight excluding hydrogens is 362 g/mol. The standard InChI is InChI=1S/C29H27N/c1-20-24(29(2,3)4)18-19-26-27(20)28-23(21-12-7-5-8-13-21)16-11-17-25(28)30(26)22-14-9-6-10-15-22/h5-19H,1-4H3/i5D,7D,8D,12D,13D. The lowest BCUT2D eigenvalue weighted by molar-refractivity contribution is 0.587. The van der Waals surface area contributed by atoms with Gasteiger partial charge in [-0.1, -0.05) is 87.4 Å². The van der Waals surface area contributed by atoms with E-state index in [1.807, 2.05) is 36.4 Å². The molecule has 0 radical (unpaired) electrons. The summed E-state index contributed by atoms with van der Waals surface area (Å²) >= 11 is 0. The van der Waals surface area contributed by atoms with E-state index in [9.17, 15) is 0 Å². The fourth-order valence-corrected chi connectivity index (χ4v) is 4.58. The van der Waals surface area contributed by atoms with Crippen LogP contribution in [-0.2, 0) is 5.41 Å². The minimum absolute atomic E-state index is 0.0783. The molecule has 5 rings (SSSR count). The molecule has 1 nitrogen and oxygen atoms in total. The smallest absolute Gasteiger partial charge is 0.0629 e. The normalized spacial score (nSPS) is 14.3. The molecular formula is C29H27N. The summed E-state index contributed by atoms with van der Waals surface area (Å²) in [6, 6.07) is 18.8. The third-order valence-corrected chi connectivity index (χ3v) is 5.81. The number of aromatic nitrogens is 1. The second kappa shape index (κ2) is 6.88. The van der Waals surface area contributed by atoms with Crippen LogP contribution < -0.4 is 0 Å². The maximum Gasteiger partial charge on any atom is 0.0629 e. The minimum atomic E-state index is -0.381. The van der Waals surface area contributed by atoms with Crippen molar-refractivity contribution in [3.05, 3.63) is 102 Å². The van der Waals surface area contributed by atoms with Crippen LogP contribution in [0.5, 0.6) is 0 Å². The van der Waals surface area contributed by atoms with Gasteiger partial charge >= 0.3 is 0 Å². The van der Waals surface area contributed by atoms with Crippen molar-refractivity contribution in [2.24, 2.45) is 0 Å². The fraction of sp³-hybridized carbons (Fsp3) is 0.172. The number of fused-ring (bicyclic) bond motifs is 3. The fourth-order valence-electron chi connectivity index (χ4n) is 4.58. The van der Waals surface area contributed by atoms with Crippen molar-refractivity contribution in [3.63, 3.8) is 0 Å². The highest BCUT2D eigenvalue weighted by Gasteiger charge is 2.23. The Labute approximate surface area is 185 Å². The molecule has 0 aliphatic rings. The Bertz CT molecular complexity index is 1600. The Morgan fingerprint density at radius 1 is 0.733 bits per heavy atom. The second-order valence-corrected chi connectivity index (χ2v) is 8.75. The van der Waals surface area contributed by atoms with Crippen molar-refractivity contribution in [3.8, 4) is 16.8 Å². The van der Waals surface area contributed by atoms with Crippen molar-refractivity contribution < 1.29 is 6.85 Å². The Morgan fingerprint density at radius 2 is 1.43 bits per heavy atom. The van der Waals surface area contributed by atoms with Crippen molar-refractivity contribution in [2.45, 2.75) is 33.1 Å². The van der Waals surface area contributed by atoms with Crippen LogP contribution in [-0.4, -0.2) is 4.57 Å². The van der Waals surface area contributed by atoms with Crippen LogP contribution in [0.4, 0.5) is 0 Å². The first-order valence-corrected chi connectivity index (χ1v) is 10.2. The van der Waals surface area contributed by atoms with E-state index < -0.39 is 0 Å². The highest BCUT2D eigenvalue weighted by molar-refractivity contribution is 6.17. The van der Waals surface area contributed by atoms with Crippen LogP contribution in [0.1, 0.15) is 38.8 Å². The number of aryl methyl sites for hydroxylation is 1. The summed E-state index contributed by atoms with van der Waals surface area (Å²) in [6.07, 6.45) is 0. The molecule has 4 aromatic carbocycles. The van der Waals surface area contributed by atoms with E-state index >= 15 is 0 Å². The average Bonchev–Trinajstić information content (AvgIpc) is 3.17. The predicted octanol–water partition coefficient (Wildman–Crippen LogP) is 8.06. The second-order valence-electron chi connectivity index (χ2n) is 8.75. The summed E-state index contributed by atoms with van der Waals surface area (Å²) in [7, 11) is 0. The van der Waals surface area contributed by atoms with Crippen LogP contribution in [0.2, 0.25) is 0 Å². The SMILES string of the molecule is [2H]c1c([2H])c([2H])c(-c2cccc3c2c2c(C)c(C(C)(C)C)ccc2n3-c2ccccc2)c([2H])c1[2H]. The molecule has 1 aromatic heterocycles. The molecule has 0 saturated carbocycles. The molecule has 0 aliphatic heterocycles. The van der Waals surface area contributed by atoms with Gasteiger partial charge in [-0.25, -0.2) is 0 Å². The van der Waals surface area contributed by atoms with E-state index in [4.69, 9.17) is 6.85 Å². The number of rotatable bonds is 2. The third kappa shape index (κ3) is 2.85. The Kier molecular flexibility index (Phi) is 3.17. The lowest BCUT2D eigenvalue weighted by Crippen LogP contribution is -2.13. The quantitative estimate of drug-likeness (QED) is 0.285. The van der Waals surface area contributed by atoms with Gasteiger partial charge in [0.25, 0.3) is 0 Å². The summed E-state index contributed by atoms with van der Waals surface area (Å²) in [6.45, 7) is 8.69. The van der Waals surface area contributed by atoms with E-state index in [2.05, 4.69) is 56.5 Å². The Hall–Kier alpha value is -3.32. The van der Waals surface area contributed by atoms with Gasteiger partial charge in [-0.05, 0) is 58.9 Å². The number of para-hydroxylation sites is 1. The van der Waals surface area contributed by atoms with Crippen molar-refractivity contribution >= 4 is 21.8 Å². The molecule has 0 bridgehead atoms. The third-order valence-electron chi connectivity index (χ3n) is 5.81. The van der Waals surface area contributed by atoms with Crippen molar-refractivity contribution in [1.82, 2.24) is 4.57 Å². The lowest BCUT2D eigenvalue weighted by atomic mass is 9.82.